The van der Waals surface area contributed by atoms with Crippen LogP contribution >= 0.6 is 0 Å². The van der Waals surface area contributed by atoms with Crippen molar-refractivity contribution >= 4 is 16.9 Å². The van der Waals surface area contributed by atoms with Gasteiger partial charge in [0.1, 0.15) is 18.1 Å². The van der Waals surface area contributed by atoms with Gasteiger partial charge in [0.05, 0.1) is 12.6 Å². The highest BCUT2D eigenvalue weighted by Crippen LogP contribution is 2.28. The van der Waals surface area contributed by atoms with Crippen molar-refractivity contribution in [2.24, 2.45) is 0 Å². The summed E-state index contributed by atoms with van der Waals surface area (Å²) in [6.45, 7) is -0.0523. The van der Waals surface area contributed by atoms with E-state index in [0.717, 1.165) is 16.6 Å². The van der Waals surface area contributed by atoms with Crippen LogP contribution < -0.4 is 0 Å². The number of hydrogen-bond donors (Lipinski definition) is 0. The lowest BCUT2D eigenvalue weighted by atomic mass is 10.1. The molecule has 0 aliphatic heterocycles. The van der Waals surface area contributed by atoms with E-state index < -0.39 is 5.97 Å². The molecule has 0 radical (unpaired) electrons. The second-order valence-corrected chi connectivity index (χ2v) is 4.61. The van der Waals surface area contributed by atoms with Crippen molar-refractivity contribution in [1.82, 2.24) is 9.78 Å². The average molecular weight is 284 g/mol. The first-order valence-electron chi connectivity index (χ1n) is 6.47. The van der Waals surface area contributed by atoms with E-state index in [4.69, 9.17) is 0 Å². The number of rotatable bonds is 3. The molecule has 0 saturated carbocycles. The van der Waals surface area contributed by atoms with Crippen molar-refractivity contribution < 1.29 is 13.9 Å². The number of benzene rings is 2. The molecule has 0 atom stereocenters. The van der Waals surface area contributed by atoms with Crippen LogP contribution in [0.1, 0.15) is 0 Å². The molecule has 2 aromatic carbocycles. The van der Waals surface area contributed by atoms with Crippen LogP contribution in [-0.2, 0) is 16.1 Å². The standard InChI is InChI=1S/C16H13FN2O2/c1-21-15(20)10-19-14-9-12(17)7-8-13(14)16(18-19)11-5-3-2-4-6-11/h2-9H,10H2,1H3. The molecule has 1 heterocycles. The molecule has 0 bridgehead atoms. The third-order valence-electron chi connectivity index (χ3n) is 3.27. The Kier molecular flexibility index (Phi) is 3.39. The largest absolute Gasteiger partial charge is 0.468 e. The smallest absolute Gasteiger partial charge is 0.327 e. The maximum atomic E-state index is 13.5. The van der Waals surface area contributed by atoms with Gasteiger partial charge in [-0.3, -0.25) is 9.48 Å². The maximum Gasteiger partial charge on any atom is 0.327 e. The molecule has 106 valence electrons. The number of hydrogen-bond acceptors (Lipinski definition) is 3. The Labute approximate surface area is 120 Å². The van der Waals surface area contributed by atoms with Gasteiger partial charge in [-0.25, -0.2) is 4.39 Å². The van der Waals surface area contributed by atoms with Gasteiger partial charge in [-0.05, 0) is 18.2 Å². The van der Waals surface area contributed by atoms with Gasteiger partial charge in [0.2, 0.25) is 0 Å². The van der Waals surface area contributed by atoms with Crippen molar-refractivity contribution in [3.63, 3.8) is 0 Å². The van der Waals surface area contributed by atoms with Gasteiger partial charge in [0.15, 0.2) is 0 Å². The summed E-state index contributed by atoms with van der Waals surface area (Å²) in [5, 5.41) is 5.24. The van der Waals surface area contributed by atoms with Gasteiger partial charge < -0.3 is 4.74 Å². The summed E-state index contributed by atoms with van der Waals surface area (Å²) in [5.74, 6) is -0.795. The van der Waals surface area contributed by atoms with Gasteiger partial charge in [-0.2, -0.15) is 5.10 Å². The second-order valence-electron chi connectivity index (χ2n) is 4.61. The number of aromatic nitrogens is 2. The Morgan fingerprint density at radius 3 is 2.71 bits per heavy atom. The molecule has 5 heteroatoms. The lowest BCUT2D eigenvalue weighted by molar-refractivity contribution is -0.141. The molecule has 0 unspecified atom stereocenters. The number of ether oxygens (including phenoxy) is 1. The van der Waals surface area contributed by atoms with E-state index in [1.54, 1.807) is 6.07 Å². The van der Waals surface area contributed by atoms with Gasteiger partial charge in [-0.15, -0.1) is 0 Å². The fraction of sp³-hybridized carbons (Fsp3) is 0.125. The summed E-state index contributed by atoms with van der Waals surface area (Å²) >= 11 is 0. The van der Waals surface area contributed by atoms with E-state index in [9.17, 15) is 9.18 Å². The van der Waals surface area contributed by atoms with Crippen LogP contribution in [0.2, 0.25) is 0 Å². The SMILES string of the molecule is COC(=O)Cn1nc(-c2ccccc2)c2ccc(F)cc21. The summed E-state index contributed by atoms with van der Waals surface area (Å²) in [7, 11) is 1.31. The van der Waals surface area contributed by atoms with Crippen LogP contribution in [0.5, 0.6) is 0 Å². The summed E-state index contributed by atoms with van der Waals surface area (Å²) in [5.41, 5.74) is 2.20. The first-order valence-corrected chi connectivity index (χ1v) is 6.47. The van der Waals surface area contributed by atoms with E-state index in [-0.39, 0.29) is 12.4 Å². The van der Waals surface area contributed by atoms with E-state index in [1.165, 1.54) is 23.9 Å². The number of carbonyl (C=O) groups is 1. The number of fused-ring (bicyclic) bond motifs is 1. The van der Waals surface area contributed by atoms with E-state index in [0.29, 0.717) is 5.52 Å². The zero-order valence-electron chi connectivity index (χ0n) is 11.4. The predicted octanol–water partition coefficient (Wildman–Crippen LogP) is 3.02. The molecular weight excluding hydrogens is 271 g/mol. The molecule has 21 heavy (non-hydrogen) atoms. The summed E-state index contributed by atoms with van der Waals surface area (Å²) in [4.78, 5) is 11.5. The Hall–Kier alpha value is -2.69. The van der Waals surface area contributed by atoms with Crippen LogP contribution in [-0.4, -0.2) is 22.9 Å². The van der Waals surface area contributed by atoms with Gasteiger partial charge in [0.25, 0.3) is 0 Å². The Morgan fingerprint density at radius 1 is 1.24 bits per heavy atom. The summed E-state index contributed by atoms with van der Waals surface area (Å²) in [6.07, 6.45) is 0. The van der Waals surface area contributed by atoms with Crippen molar-refractivity contribution in [2.45, 2.75) is 6.54 Å². The molecule has 1 aromatic heterocycles. The Morgan fingerprint density at radius 2 is 2.00 bits per heavy atom. The van der Waals surface area contributed by atoms with Crippen LogP contribution in [0.15, 0.2) is 48.5 Å². The molecule has 3 rings (SSSR count). The van der Waals surface area contributed by atoms with E-state index in [2.05, 4.69) is 9.84 Å². The minimum atomic E-state index is -0.428. The van der Waals surface area contributed by atoms with Gasteiger partial charge in [0, 0.05) is 10.9 Å². The number of halogens is 1. The van der Waals surface area contributed by atoms with Gasteiger partial charge in [-0.1, -0.05) is 30.3 Å². The molecule has 0 saturated heterocycles. The highest BCUT2D eigenvalue weighted by Gasteiger charge is 2.15. The molecule has 3 aromatic rings. The molecule has 0 N–H and O–H groups in total. The monoisotopic (exact) mass is 284 g/mol. The van der Waals surface area contributed by atoms with Crippen LogP contribution in [0.4, 0.5) is 4.39 Å². The Bertz CT molecular complexity index is 797. The van der Waals surface area contributed by atoms with Crippen LogP contribution in [0.25, 0.3) is 22.2 Å². The van der Waals surface area contributed by atoms with Crippen LogP contribution in [0, 0.1) is 5.82 Å². The molecule has 0 aliphatic rings. The fourth-order valence-electron chi connectivity index (χ4n) is 2.26. The lowest BCUT2D eigenvalue weighted by Gasteiger charge is -2.01. The highest BCUT2D eigenvalue weighted by molar-refractivity contribution is 5.93. The van der Waals surface area contributed by atoms with Crippen molar-refractivity contribution in [3.8, 4) is 11.3 Å². The zero-order valence-corrected chi connectivity index (χ0v) is 11.4. The zero-order chi connectivity index (χ0) is 14.8. The molecule has 0 aliphatic carbocycles. The minimum absolute atomic E-state index is 0.0523. The lowest BCUT2D eigenvalue weighted by Crippen LogP contribution is -2.12. The molecule has 0 spiro atoms. The molecular formula is C16H13FN2O2. The molecule has 0 fully saturated rings. The third kappa shape index (κ3) is 2.50. The summed E-state index contributed by atoms with van der Waals surface area (Å²) < 4.78 is 19.6. The van der Waals surface area contributed by atoms with Crippen LogP contribution in [0.3, 0.4) is 0 Å². The van der Waals surface area contributed by atoms with Crippen molar-refractivity contribution in [3.05, 3.63) is 54.3 Å². The Balaban J connectivity index is 2.20. The number of nitrogens with zero attached hydrogens (tertiary/aromatic N) is 2. The first kappa shape index (κ1) is 13.3. The highest BCUT2D eigenvalue weighted by atomic mass is 19.1. The van der Waals surface area contributed by atoms with Gasteiger partial charge >= 0.3 is 5.97 Å². The minimum Gasteiger partial charge on any atom is -0.468 e. The topological polar surface area (TPSA) is 44.1 Å². The predicted molar refractivity (Wildman–Crippen MR) is 77.1 cm³/mol. The second kappa shape index (κ2) is 5.36. The molecule has 4 nitrogen and oxygen atoms in total. The maximum absolute atomic E-state index is 13.5. The van der Waals surface area contributed by atoms with Crippen molar-refractivity contribution in [1.29, 1.82) is 0 Å². The fourth-order valence-corrected chi connectivity index (χ4v) is 2.26. The summed E-state index contributed by atoms with van der Waals surface area (Å²) in [6, 6.07) is 14.0. The number of carbonyl (C=O) groups excluding carboxylic acids is 1. The first-order chi connectivity index (χ1) is 10.2. The normalized spacial score (nSPS) is 10.8. The van der Waals surface area contributed by atoms with Crippen molar-refractivity contribution in [2.75, 3.05) is 7.11 Å². The quantitative estimate of drug-likeness (QED) is 0.694. The average Bonchev–Trinajstić information content (AvgIpc) is 2.86. The van der Waals surface area contributed by atoms with E-state index >= 15 is 0 Å². The number of methoxy groups -OCH3 is 1. The van der Waals surface area contributed by atoms with E-state index in [1.807, 2.05) is 30.3 Å². The third-order valence-corrected chi connectivity index (χ3v) is 3.27. The number of esters is 1. The molecule has 0 amide bonds.